The maximum atomic E-state index is 14.0. The molecule has 0 aliphatic rings. The molecule has 0 bridgehead atoms. The number of nitrogens with zero attached hydrogens (tertiary/aromatic N) is 3. The number of hydrogen-bond acceptors (Lipinski definition) is 4. The molecule has 1 amide bonds. The number of hydrogen-bond donors (Lipinski definition) is 1. The second-order valence-corrected chi connectivity index (χ2v) is 10.4. The normalized spacial score (nSPS) is 11.6. The first-order valence-electron chi connectivity index (χ1n) is 12.4. The van der Waals surface area contributed by atoms with Crippen LogP contribution >= 0.6 is 0 Å². The summed E-state index contributed by atoms with van der Waals surface area (Å²) in [6.45, 7) is 9.94. The van der Waals surface area contributed by atoms with Gasteiger partial charge in [-0.25, -0.2) is 9.48 Å². The summed E-state index contributed by atoms with van der Waals surface area (Å²) in [5.74, 6) is -1.58. The highest BCUT2D eigenvalue weighted by Gasteiger charge is 2.34. The van der Waals surface area contributed by atoms with Crippen molar-refractivity contribution in [3.05, 3.63) is 102 Å². The van der Waals surface area contributed by atoms with E-state index in [1.54, 1.807) is 27.9 Å². The molecule has 1 N–H and O–H groups in total. The van der Waals surface area contributed by atoms with E-state index in [9.17, 15) is 14.7 Å². The molecule has 7 nitrogen and oxygen atoms in total. The van der Waals surface area contributed by atoms with Crippen molar-refractivity contribution in [3.8, 4) is 16.8 Å². The van der Waals surface area contributed by atoms with Crippen LogP contribution in [0.25, 0.3) is 27.8 Å². The third-order valence-corrected chi connectivity index (χ3v) is 6.64. The molecule has 2 heterocycles. The largest absolute Gasteiger partial charge is 0.475 e. The Hall–Kier alpha value is -4.65. The molecule has 0 saturated carbocycles. The lowest BCUT2D eigenvalue weighted by molar-refractivity contribution is 0.0665. The van der Waals surface area contributed by atoms with E-state index in [1.807, 2.05) is 63.4 Å². The molecular weight excluding hydrogens is 478 g/mol. The number of anilines is 1. The predicted octanol–water partition coefficient (Wildman–Crippen LogP) is 7.05. The van der Waals surface area contributed by atoms with Crippen molar-refractivity contribution in [1.82, 2.24) is 9.78 Å². The number of aryl methyl sites for hydroxylation is 2. The van der Waals surface area contributed by atoms with Gasteiger partial charge in [-0.2, -0.15) is 5.10 Å². The van der Waals surface area contributed by atoms with Gasteiger partial charge in [0.05, 0.1) is 17.6 Å². The van der Waals surface area contributed by atoms with Crippen LogP contribution in [-0.4, -0.2) is 32.3 Å². The van der Waals surface area contributed by atoms with Gasteiger partial charge in [-0.05, 0) is 76.1 Å². The summed E-state index contributed by atoms with van der Waals surface area (Å²) in [6.07, 6.45) is 3.65. The highest BCUT2D eigenvalue weighted by molar-refractivity contribution is 6.14. The van der Waals surface area contributed by atoms with Gasteiger partial charge in [0.2, 0.25) is 5.76 Å². The van der Waals surface area contributed by atoms with Gasteiger partial charge in [-0.3, -0.25) is 9.69 Å². The third kappa shape index (κ3) is 4.47. The zero-order valence-electron chi connectivity index (χ0n) is 22.0. The molecule has 7 heteroatoms. The summed E-state index contributed by atoms with van der Waals surface area (Å²) < 4.78 is 7.68. The first kappa shape index (κ1) is 25.0. The second kappa shape index (κ2) is 9.34. The van der Waals surface area contributed by atoms with Gasteiger partial charge < -0.3 is 9.52 Å². The van der Waals surface area contributed by atoms with Gasteiger partial charge >= 0.3 is 5.97 Å². The van der Waals surface area contributed by atoms with Gasteiger partial charge in [0.25, 0.3) is 5.91 Å². The molecule has 0 radical (unpaired) electrons. The van der Waals surface area contributed by atoms with E-state index in [2.05, 4.69) is 31.1 Å². The minimum Gasteiger partial charge on any atom is -0.475 e. The lowest BCUT2D eigenvalue weighted by atomic mass is 9.97. The zero-order chi connectivity index (χ0) is 27.2. The fourth-order valence-corrected chi connectivity index (χ4v) is 4.57. The monoisotopic (exact) mass is 507 g/mol. The van der Waals surface area contributed by atoms with E-state index in [0.717, 1.165) is 16.8 Å². The van der Waals surface area contributed by atoms with Crippen LogP contribution in [0.1, 0.15) is 52.8 Å². The molecular formula is C31H29N3O4. The first-order valence-corrected chi connectivity index (χ1v) is 12.4. The quantitative estimate of drug-likeness (QED) is 0.275. The first-order chi connectivity index (χ1) is 18.0. The van der Waals surface area contributed by atoms with Gasteiger partial charge in [0.15, 0.2) is 5.58 Å². The van der Waals surface area contributed by atoms with E-state index in [-0.39, 0.29) is 11.7 Å². The minimum atomic E-state index is -1.17. The van der Waals surface area contributed by atoms with Crippen LogP contribution < -0.4 is 4.90 Å². The molecule has 5 rings (SSSR count). The Kier molecular flexibility index (Phi) is 6.15. The Balaban J connectivity index is 1.75. The van der Waals surface area contributed by atoms with Crippen LogP contribution in [-0.2, 0) is 0 Å². The van der Waals surface area contributed by atoms with Crippen molar-refractivity contribution in [2.75, 3.05) is 4.90 Å². The number of furan rings is 1. The van der Waals surface area contributed by atoms with Crippen LogP contribution in [0.2, 0.25) is 0 Å². The van der Waals surface area contributed by atoms with Gasteiger partial charge in [0.1, 0.15) is 0 Å². The fourth-order valence-electron chi connectivity index (χ4n) is 4.57. The molecule has 0 saturated heterocycles. The van der Waals surface area contributed by atoms with Crippen molar-refractivity contribution in [1.29, 1.82) is 0 Å². The van der Waals surface area contributed by atoms with Gasteiger partial charge in [0, 0.05) is 33.8 Å². The Labute approximate surface area is 220 Å². The molecule has 0 atom stereocenters. The molecule has 0 unspecified atom stereocenters. The fraction of sp³-hybridized carbons (Fsp3) is 0.194. The average molecular weight is 508 g/mol. The molecule has 0 spiro atoms. The topological polar surface area (TPSA) is 88.6 Å². The van der Waals surface area contributed by atoms with Crippen molar-refractivity contribution in [2.24, 2.45) is 0 Å². The second-order valence-electron chi connectivity index (χ2n) is 10.4. The van der Waals surface area contributed by atoms with Crippen LogP contribution in [0.5, 0.6) is 0 Å². The van der Waals surface area contributed by atoms with Crippen LogP contribution in [0.15, 0.2) is 83.5 Å². The third-order valence-electron chi connectivity index (χ3n) is 6.64. The van der Waals surface area contributed by atoms with E-state index in [1.165, 1.54) is 11.6 Å². The Morgan fingerprint density at radius 3 is 2.34 bits per heavy atom. The number of carboxylic acids is 1. The summed E-state index contributed by atoms with van der Waals surface area (Å²) in [5, 5.41) is 14.8. The molecule has 192 valence electrons. The van der Waals surface area contributed by atoms with Crippen LogP contribution in [0.4, 0.5) is 5.69 Å². The minimum absolute atomic E-state index is 0.190. The van der Waals surface area contributed by atoms with E-state index < -0.39 is 11.5 Å². The number of carboxylic acid groups (broad SMARTS) is 1. The standard InChI is InChI=1S/C31H29N3O4/c1-19-11-13-24(15-20(19)2)33-18-23(17-32-33)25-14-12-22-16-26(30(36)37)38-28(22)27(25)34(31(3,4)5)29(35)21-9-7-6-8-10-21/h6-18H,1-5H3,(H,36,37). The highest BCUT2D eigenvalue weighted by Crippen LogP contribution is 2.42. The molecule has 38 heavy (non-hydrogen) atoms. The van der Waals surface area contributed by atoms with Crippen LogP contribution in [0.3, 0.4) is 0 Å². The molecule has 3 aromatic carbocycles. The number of carbonyl (C=O) groups excluding carboxylic acids is 1. The average Bonchev–Trinajstić information content (AvgIpc) is 3.54. The smallest absolute Gasteiger partial charge is 0.371 e. The van der Waals surface area contributed by atoms with Crippen LogP contribution in [0, 0.1) is 13.8 Å². The number of benzene rings is 3. The van der Waals surface area contributed by atoms with Crippen molar-refractivity contribution < 1.29 is 19.1 Å². The van der Waals surface area contributed by atoms with Crippen molar-refractivity contribution in [2.45, 2.75) is 40.2 Å². The Bertz CT molecular complexity index is 1670. The number of aromatic carboxylic acids is 1. The number of aromatic nitrogens is 2. The predicted molar refractivity (Wildman–Crippen MR) is 148 cm³/mol. The lowest BCUT2D eigenvalue weighted by Gasteiger charge is -2.37. The summed E-state index contributed by atoms with van der Waals surface area (Å²) in [4.78, 5) is 27.5. The maximum Gasteiger partial charge on any atom is 0.371 e. The number of carbonyl (C=O) groups is 2. The molecule has 0 fully saturated rings. The SMILES string of the molecule is Cc1ccc(-n2cc(-c3ccc4cc(C(=O)O)oc4c3N(C(=O)c3ccccc3)C(C)(C)C)cn2)cc1C. The van der Waals surface area contributed by atoms with Gasteiger partial charge in [-0.1, -0.05) is 36.4 Å². The zero-order valence-corrected chi connectivity index (χ0v) is 22.0. The molecule has 2 aromatic heterocycles. The van der Waals surface area contributed by atoms with E-state index in [0.29, 0.717) is 27.8 Å². The number of amides is 1. The van der Waals surface area contributed by atoms with E-state index >= 15 is 0 Å². The Morgan fingerprint density at radius 1 is 0.947 bits per heavy atom. The van der Waals surface area contributed by atoms with E-state index in [4.69, 9.17) is 4.42 Å². The number of fused-ring (bicyclic) bond motifs is 1. The Morgan fingerprint density at radius 2 is 1.68 bits per heavy atom. The lowest BCUT2D eigenvalue weighted by Crippen LogP contribution is -2.46. The molecule has 0 aliphatic heterocycles. The van der Waals surface area contributed by atoms with Gasteiger partial charge in [-0.15, -0.1) is 0 Å². The van der Waals surface area contributed by atoms with Crippen molar-refractivity contribution >= 4 is 28.5 Å². The summed E-state index contributed by atoms with van der Waals surface area (Å²) in [5.41, 5.74) is 5.42. The van der Waals surface area contributed by atoms with Crippen molar-refractivity contribution in [3.63, 3.8) is 0 Å². The molecule has 5 aromatic rings. The molecule has 0 aliphatic carbocycles. The number of rotatable bonds is 5. The highest BCUT2D eigenvalue weighted by atomic mass is 16.4. The summed E-state index contributed by atoms with van der Waals surface area (Å²) in [7, 11) is 0. The maximum absolute atomic E-state index is 14.0. The summed E-state index contributed by atoms with van der Waals surface area (Å²) >= 11 is 0. The summed E-state index contributed by atoms with van der Waals surface area (Å²) in [6, 6.07) is 20.3.